The van der Waals surface area contributed by atoms with Gasteiger partial charge >= 0.3 is 0 Å². The van der Waals surface area contributed by atoms with Crippen LogP contribution in [0.25, 0.3) is 0 Å². The van der Waals surface area contributed by atoms with E-state index in [2.05, 4.69) is 5.32 Å². The summed E-state index contributed by atoms with van der Waals surface area (Å²) in [6.45, 7) is 3.44. The van der Waals surface area contributed by atoms with Crippen molar-refractivity contribution in [1.29, 1.82) is 0 Å². The number of aliphatic hydroxyl groups is 1. The highest BCUT2D eigenvalue weighted by atomic mass is 35.5. The van der Waals surface area contributed by atoms with Crippen molar-refractivity contribution in [1.82, 2.24) is 4.90 Å². The molecule has 2 N–H and O–H groups in total. The number of hydrogen-bond donors (Lipinski definition) is 2. The van der Waals surface area contributed by atoms with Gasteiger partial charge in [0.25, 0.3) is 0 Å². The van der Waals surface area contributed by atoms with Crippen molar-refractivity contribution in [2.75, 3.05) is 25.0 Å². The number of hydrogen-bond acceptors (Lipinski definition) is 3. The van der Waals surface area contributed by atoms with Crippen LogP contribution in [0.5, 0.6) is 0 Å². The largest absolute Gasteiger partial charge is 0.392 e. The fraction of sp³-hybridized carbons (Fsp3) is 0.500. The number of nitrogens with one attached hydrogen (secondary N) is 1. The number of carbonyl (C=O) groups is 1. The van der Waals surface area contributed by atoms with Crippen LogP contribution in [0.15, 0.2) is 12.1 Å². The lowest BCUT2D eigenvalue weighted by Crippen LogP contribution is -2.42. The maximum absolute atomic E-state index is 12.1. The average molecular weight is 317 g/mol. The Morgan fingerprint density at radius 2 is 2.25 bits per heavy atom. The Labute approximate surface area is 128 Å². The highest BCUT2D eigenvalue weighted by Gasteiger charge is 2.20. The van der Waals surface area contributed by atoms with Gasteiger partial charge in [0.05, 0.1) is 28.4 Å². The summed E-state index contributed by atoms with van der Waals surface area (Å²) < 4.78 is 0. The van der Waals surface area contributed by atoms with Crippen LogP contribution >= 0.6 is 23.2 Å². The monoisotopic (exact) mass is 316 g/mol. The van der Waals surface area contributed by atoms with Crippen LogP contribution in [0.3, 0.4) is 0 Å². The molecule has 0 aliphatic carbocycles. The van der Waals surface area contributed by atoms with E-state index < -0.39 is 0 Å². The Morgan fingerprint density at radius 1 is 1.50 bits per heavy atom. The number of amides is 1. The van der Waals surface area contributed by atoms with Gasteiger partial charge in [-0.25, -0.2) is 0 Å². The number of β-amino-alcohol motifs (C(OH)–C–C–N with tert-alkyl or cyclic N) is 1. The molecule has 1 aromatic carbocycles. The number of anilines is 1. The number of rotatable bonds is 3. The van der Waals surface area contributed by atoms with E-state index in [1.807, 2.05) is 11.8 Å². The third-order valence-electron chi connectivity index (χ3n) is 3.40. The Balaban J connectivity index is 2.00. The van der Waals surface area contributed by atoms with Crippen molar-refractivity contribution in [3.8, 4) is 0 Å². The summed E-state index contributed by atoms with van der Waals surface area (Å²) >= 11 is 12.2. The average Bonchev–Trinajstić information content (AvgIpc) is 2.39. The van der Waals surface area contributed by atoms with Crippen molar-refractivity contribution < 1.29 is 9.90 Å². The Kier molecular flexibility index (Phi) is 5.27. The normalized spacial score (nSPS) is 19.9. The zero-order valence-corrected chi connectivity index (χ0v) is 12.8. The number of likely N-dealkylation sites (tertiary alicyclic amines) is 1. The van der Waals surface area contributed by atoms with Crippen LogP contribution in [-0.2, 0) is 4.79 Å². The molecular formula is C14H18Cl2N2O2. The summed E-state index contributed by atoms with van der Waals surface area (Å²) in [7, 11) is 0. The fourth-order valence-corrected chi connectivity index (χ4v) is 2.79. The number of carbonyl (C=O) groups excluding carboxylic acids is 1. The maximum atomic E-state index is 12.1. The highest BCUT2D eigenvalue weighted by Crippen LogP contribution is 2.32. The van der Waals surface area contributed by atoms with Crippen molar-refractivity contribution >= 4 is 34.8 Å². The van der Waals surface area contributed by atoms with Crippen LogP contribution < -0.4 is 5.32 Å². The number of nitrogens with zero attached hydrogens (tertiary/aromatic N) is 1. The lowest BCUT2D eigenvalue weighted by molar-refractivity contribution is -0.118. The Bertz CT molecular complexity index is 508. The molecule has 0 bridgehead atoms. The van der Waals surface area contributed by atoms with Gasteiger partial charge in [0, 0.05) is 6.54 Å². The molecule has 0 spiro atoms. The standard InChI is InChI=1S/C14H18Cl2N2O2/c1-9-4-5-11(15)14(13(9)16)17-12(20)8-18-6-2-3-10(19)7-18/h4-5,10,19H,2-3,6-8H2,1H3,(H,17,20)/t10-/m0/s1. The molecule has 1 amide bonds. The second-order valence-corrected chi connectivity index (χ2v) is 5.92. The van der Waals surface area contributed by atoms with Crippen molar-refractivity contribution in [2.45, 2.75) is 25.9 Å². The SMILES string of the molecule is Cc1ccc(Cl)c(NC(=O)CN2CCC[C@H](O)C2)c1Cl. The molecule has 1 saturated heterocycles. The predicted molar refractivity (Wildman–Crippen MR) is 81.5 cm³/mol. The second-order valence-electron chi connectivity index (χ2n) is 5.13. The zero-order valence-electron chi connectivity index (χ0n) is 11.3. The van der Waals surface area contributed by atoms with E-state index in [1.54, 1.807) is 12.1 Å². The zero-order chi connectivity index (χ0) is 14.7. The number of aryl methyl sites for hydroxylation is 1. The molecule has 1 aromatic rings. The number of piperidine rings is 1. The lowest BCUT2D eigenvalue weighted by atomic mass is 10.1. The first-order valence-electron chi connectivity index (χ1n) is 6.62. The predicted octanol–water partition coefficient (Wildman–Crippen LogP) is 2.70. The molecule has 20 heavy (non-hydrogen) atoms. The molecule has 4 nitrogen and oxygen atoms in total. The minimum absolute atomic E-state index is 0.173. The van der Waals surface area contributed by atoms with Gasteiger partial charge in [0.1, 0.15) is 0 Å². The van der Waals surface area contributed by atoms with E-state index in [0.717, 1.165) is 24.9 Å². The van der Waals surface area contributed by atoms with Gasteiger partial charge in [0.2, 0.25) is 5.91 Å². The topological polar surface area (TPSA) is 52.6 Å². The number of aliphatic hydroxyl groups excluding tert-OH is 1. The number of halogens is 2. The molecule has 0 radical (unpaired) electrons. The molecule has 1 aliphatic rings. The van der Waals surface area contributed by atoms with Crippen LogP contribution in [0.4, 0.5) is 5.69 Å². The first kappa shape index (κ1) is 15.6. The van der Waals surface area contributed by atoms with Crippen LogP contribution in [0.1, 0.15) is 18.4 Å². The van der Waals surface area contributed by atoms with Crippen LogP contribution in [0.2, 0.25) is 10.0 Å². The van der Waals surface area contributed by atoms with E-state index in [4.69, 9.17) is 23.2 Å². The molecule has 0 aromatic heterocycles. The van der Waals surface area contributed by atoms with Gasteiger partial charge in [-0.05, 0) is 37.9 Å². The summed E-state index contributed by atoms with van der Waals surface area (Å²) in [6.07, 6.45) is 1.36. The van der Waals surface area contributed by atoms with Gasteiger partial charge in [-0.3, -0.25) is 9.69 Å². The van der Waals surface area contributed by atoms with Gasteiger partial charge in [-0.1, -0.05) is 29.3 Å². The molecule has 6 heteroatoms. The van der Waals surface area contributed by atoms with Crippen molar-refractivity contribution in [2.24, 2.45) is 0 Å². The van der Waals surface area contributed by atoms with E-state index in [9.17, 15) is 9.90 Å². The van der Waals surface area contributed by atoms with Crippen LogP contribution in [0, 0.1) is 6.92 Å². The number of benzene rings is 1. The quantitative estimate of drug-likeness (QED) is 0.901. The molecule has 2 rings (SSSR count). The smallest absolute Gasteiger partial charge is 0.238 e. The van der Waals surface area contributed by atoms with Gasteiger partial charge in [-0.2, -0.15) is 0 Å². The Morgan fingerprint density at radius 3 is 2.95 bits per heavy atom. The third-order valence-corrected chi connectivity index (χ3v) is 4.20. The Hall–Kier alpha value is -0.810. The molecule has 1 fully saturated rings. The third kappa shape index (κ3) is 3.85. The molecule has 0 saturated carbocycles. The molecule has 0 unspecified atom stereocenters. The summed E-state index contributed by atoms with van der Waals surface area (Å²) in [5.41, 5.74) is 1.32. The molecular weight excluding hydrogens is 299 g/mol. The first-order valence-corrected chi connectivity index (χ1v) is 7.38. The van der Waals surface area contributed by atoms with Crippen molar-refractivity contribution in [3.05, 3.63) is 27.7 Å². The fourth-order valence-electron chi connectivity index (χ4n) is 2.33. The maximum Gasteiger partial charge on any atom is 0.238 e. The second kappa shape index (κ2) is 6.76. The minimum Gasteiger partial charge on any atom is -0.392 e. The molecule has 1 aliphatic heterocycles. The lowest BCUT2D eigenvalue weighted by Gasteiger charge is -2.29. The highest BCUT2D eigenvalue weighted by molar-refractivity contribution is 6.40. The van der Waals surface area contributed by atoms with Crippen LogP contribution in [-0.4, -0.2) is 41.7 Å². The summed E-state index contributed by atoms with van der Waals surface area (Å²) in [5, 5.41) is 13.2. The van der Waals surface area contributed by atoms with E-state index >= 15 is 0 Å². The van der Waals surface area contributed by atoms with E-state index in [-0.39, 0.29) is 18.6 Å². The van der Waals surface area contributed by atoms with E-state index in [1.165, 1.54) is 0 Å². The van der Waals surface area contributed by atoms with Gasteiger partial charge in [0.15, 0.2) is 0 Å². The molecule has 110 valence electrons. The molecule has 1 atom stereocenters. The van der Waals surface area contributed by atoms with Gasteiger partial charge in [-0.15, -0.1) is 0 Å². The first-order chi connectivity index (χ1) is 9.47. The van der Waals surface area contributed by atoms with E-state index in [0.29, 0.717) is 22.3 Å². The summed E-state index contributed by atoms with van der Waals surface area (Å²) in [6, 6.07) is 3.52. The minimum atomic E-state index is -0.345. The summed E-state index contributed by atoms with van der Waals surface area (Å²) in [4.78, 5) is 14.0. The van der Waals surface area contributed by atoms with Gasteiger partial charge < -0.3 is 10.4 Å². The summed E-state index contributed by atoms with van der Waals surface area (Å²) in [5.74, 6) is -0.173. The van der Waals surface area contributed by atoms with Crippen molar-refractivity contribution in [3.63, 3.8) is 0 Å². The molecule has 1 heterocycles.